The minimum atomic E-state index is -1.00. The third-order valence-corrected chi connectivity index (χ3v) is 3.43. The van der Waals surface area contributed by atoms with Gasteiger partial charge in [0.2, 0.25) is 5.78 Å². The number of ketones is 1. The Morgan fingerprint density at radius 3 is 2.21 bits per heavy atom. The molecule has 0 aliphatic carbocycles. The van der Waals surface area contributed by atoms with Gasteiger partial charge in [-0.05, 0) is 6.92 Å². The molecule has 0 fully saturated rings. The summed E-state index contributed by atoms with van der Waals surface area (Å²) in [6.45, 7) is 5.36. The van der Waals surface area contributed by atoms with E-state index in [9.17, 15) is 9.59 Å². The zero-order valence-corrected chi connectivity index (χ0v) is 13.6. The lowest BCUT2D eigenvalue weighted by molar-refractivity contribution is -0.159. The fourth-order valence-corrected chi connectivity index (χ4v) is 2.15. The predicted molar refractivity (Wildman–Crippen MR) is 91.7 cm³/mol. The van der Waals surface area contributed by atoms with Crippen LogP contribution in [0.4, 0.5) is 0 Å². The molecule has 0 aliphatic rings. The quantitative estimate of drug-likeness (QED) is 0.422. The van der Waals surface area contributed by atoms with Crippen LogP contribution in [0.25, 0.3) is 0 Å². The number of hydrogen-bond donors (Lipinski definition) is 0. The first kappa shape index (κ1) is 17.6. The highest BCUT2D eigenvalue weighted by atomic mass is 16.6. The van der Waals surface area contributed by atoms with Gasteiger partial charge in [0.15, 0.2) is 12.2 Å². The summed E-state index contributed by atoms with van der Waals surface area (Å²) in [7, 11) is 0. The predicted octanol–water partition coefficient (Wildman–Crippen LogP) is 3.74. The Labute approximate surface area is 141 Å². The van der Waals surface area contributed by atoms with Crippen LogP contribution in [0.3, 0.4) is 0 Å². The van der Waals surface area contributed by atoms with E-state index in [1.807, 2.05) is 12.1 Å². The van der Waals surface area contributed by atoms with E-state index in [2.05, 4.69) is 6.58 Å². The molecule has 4 nitrogen and oxygen atoms in total. The summed E-state index contributed by atoms with van der Waals surface area (Å²) < 4.78 is 10.7. The molecule has 0 saturated carbocycles. The van der Waals surface area contributed by atoms with E-state index in [0.717, 1.165) is 0 Å². The van der Waals surface area contributed by atoms with Crippen molar-refractivity contribution in [2.75, 3.05) is 6.61 Å². The molecule has 0 aromatic heterocycles. The number of carbonyl (C=O) groups excluding carboxylic acids is 2. The molecule has 0 N–H and O–H groups in total. The van der Waals surface area contributed by atoms with Crippen LogP contribution in [0.2, 0.25) is 0 Å². The number of hydrogen-bond acceptors (Lipinski definition) is 4. The van der Waals surface area contributed by atoms with Gasteiger partial charge in [-0.25, -0.2) is 4.79 Å². The number of ether oxygens (including phenoxy) is 2. The van der Waals surface area contributed by atoms with Crippen LogP contribution < -0.4 is 0 Å². The molecular weight excluding hydrogens is 304 g/mol. The van der Waals surface area contributed by atoms with Crippen LogP contribution in [-0.2, 0) is 14.3 Å². The lowest BCUT2D eigenvalue weighted by Gasteiger charge is -2.20. The maximum Gasteiger partial charge on any atom is 0.336 e. The maximum absolute atomic E-state index is 12.8. The molecule has 2 rings (SSSR count). The standard InChI is InChI=1S/C20H20O4/c1-3-14-23-15(2)20(22)24-19(17-12-8-5-9-13-17)18(21)16-10-6-4-7-11-16/h3-13,15,19H,1,14H2,2H3. The molecule has 24 heavy (non-hydrogen) atoms. The van der Waals surface area contributed by atoms with Gasteiger partial charge in [-0.15, -0.1) is 6.58 Å². The van der Waals surface area contributed by atoms with Crippen LogP contribution in [0, 0.1) is 0 Å². The average Bonchev–Trinajstić information content (AvgIpc) is 2.64. The second kappa shape index (κ2) is 8.79. The van der Waals surface area contributed by atoms with Crippen molar-refractivity contribution in [1.82, 2.24) is 0 Å². The molecule has 2 aromatic carbocycles. The summed E-state index contributed by atoms with van der Waals surface area (Å²) in [5, 5.41) is 0. The van der Waals surface area contributed by atoms with Crippen molar-refractivity contribution >= 4 is 11.8 Å². The van der Waals surface area contributed by atoms with Gasteiger partial charge < -0.3 is 9.47 Å². The molecule has 2 aromatic rings. The average molecular weight is 324 g/mol. The largest absolute Gasteiger partial charge is 0.447 e. The molecule has 0 amide bonds. The molecule has 0 saturated heterocycles. The van der Waals surface area contributed by atoms with E-state index >= 15 is 0 Å². The van der Waals surface area contributed by atoms with E-state index in [1.165, 1.54) is 0 Å². The minimum absolute atomic E-state index is 0.235. The zero-order valence-electron chi connectivity index (χ0n) is 13.6. The summed E-state index contributed by atoms with van der Waals surface area (Å²) in [6, 6.07) is 17.7. The Bertz CT molecular complexity index is 679. The van der Waals surface area contributed by atoms with Crippen molar-refractivity contribution in [1.29, 1.82) is 0 Å². The van der Waals surface area contributed by atoms with Gasteiger partial charge in [-0.3, -0.25) is 4.79 Å². The summed E-state index contributed by atoms with van der Waals surface area (Å²) in [5.41, 5.74) is 1.11. The highest BCUT2D eigenvalue weighted by Crippen LogP contribution is 2.23. The smallest absolute Gasteiger partial charge is 0.336 e. The minimum Gasteiger partial charge on any atom is -0.447 e. The van der Waals surface area contributed by atoms with Gasteiger partial charge in [-0.1, -0.05) is 66.7 Å². The van der Waals surface area contributed by atoms with E-state index in [0.29, 0.717) is 11.1 Å². The van der Waals surface area contributed by atoms with Crippen LogP contribution in [0.1, 0.15) is 28.9 Å². The second-order valence-corrected chi connectivity index (χ2v) is 5.22. The molecule has 4 heteroatoms. The van der Waals surface area contributed by atoms with Crippen molar-refractivity contribution in [3.63, 3.8) is 0 Å². The summed E-state index contributed by atoms with van der Waals surface area (Å²) in [6.07, 6.45) is -0.234. The van der Waals surface area contributed by atoms with Crippen LogP contribution in [-0.4, -0.2) is 24.5 Å². The van der Waals surface area contributed by atoms with E-state index in [-0.39, 0.29) is 12.4 Å². The fraction of sp³-hybridized carbons (Fsp3) is 0.200. The maximum atomic E-state index is 12.8. The van der Waals surface area contributed by atoms with Crippen molar-refractivity contribution in [3.05, 3.63) is 84.4 Å². The lowest BCUT2D eigenvalue weighted by atomic mass is 10.00. The Balaban J connectivity index is 2.22. The van der Waals surface area contributed by atoms with Crippen molar-refractivity contribution in [3.8, 4) is 0 Å². The Hall–Kier alpha value is -2.72. The van der Waals surface area contributed by atoms with Gasteiger partial charge >= 0.3 is 5.97 Å². The highest BCUT2D eigenvalue weighted by Gasteiger charge is 2.28. The molecule has 0 aliphatic heterocycles. The molecule has 0 bridgehead atoms. The van der Waals surface area contributed by atoms with Crippen LogP contribution in [0.15, 0.2) is 73.3 Å². The first-order valence-electron chi connectivity index (χ1n) is 7.70. The number of esters is 1. The highest BCUT2D eigenvalue weighted by molar-refractivity contribution is 6.01. The van der Waals surface area contributed by atoms with Gasteiger partial charge in [0, 0.05) is 11.1 Å². The van der Waals surface area contributed by atoms with Crippen molar-refractivity contribution < 1.29 is 19.1 Å². The summed E-state index contributed by atoms with van der Waals surface area (Å²) in [4.78, 5) is 25.0. The fourth-order valence-electron chi connectivity index (χ4n) is 2.15. The molecule has 2 atom stereocenters. The molecule has 124 valence electrons. The van der Waals surface area contributed by atoms with Crippen LogP contribution >= 0.6 is 0 Å². The summed E-state index contributed by atoms with van der Waals surface area (Å²) >= 11 is 0. The second-order valence-electron chi connectivity index (χ2n) is 5.22. The first-order chi connectivity index (χ1) is 11.6. The third-order valence-electron chi connectivity index (χ3n) is 3.43. The third kappa shape index (κ3) is 4.64. The first-order valence-corrected chi connectivity index (χ1v) is 7.70. The molecule has 0 radical (unpaired) electrons. The number of carbonyl (C=O) groups is 2. The molecular formula is C20H20O4. The molecule has 0 heterocycles. The van der Waals surface area contributed by atoms with Crippen molar-refractivity contribution in [2.24, 2.45) is 0 Å². The number of Topliss-reactive ketones (excluding diaryl/α,β-unsaturated/α-hetero) is 1. The Morgan fingerprint density at radius 2 is 1.62 bits per heavy atom. The molecule has 0 spiro atoms. The lowest BCUT2D eigenvalue weighted by Crippen LogP contribution is -2.28. The zero-order chi connectivity index (χ0) is 17.4. The van der Waals surface area contributed by atoms with Gasteiger partial charge in [0.1, 0.15) is 0 Å². The summed E-state index contributed by atoms with van der Waals surface area (Å²) in [5.74, 6) is -0.860. The van der Waals surface area contributed by atoms with E-state index < -0.39 is 18.2 Å². The normalized spacial score (nSPS) is 12.9. The van der Waals surface area contributed by atoms with E-state index in [4.69, 9.17) is 9.47 Å². The Kier molecular flexibility index (Phi) is 6.46. The van der Waals surface area contributed by atoms with Crippen LogP contribution in [0.5, 0.6) is 0 Å². The topological polar surface area (TPSA) is 52.6 Å². The van der Waals surface area contributed by atoms with Gasteiger partial charge in [0.25, 0.3) is 0 Å². The monoisotopic (exact) mass is 324 g/mol. The van der Waals surface area contributed by atoms with Gasteiger partial charge in [-0.2, -0.15) is 0 Å². The number of benzene rings is 2. The molecule has 2 unspecified atom stereocenters. The van der Waals surface area contributed by atoms with E-state index in [1.54, 1.807) is 61.5 Å². The van der Waals surface area contributed by atoms with Crippen molar-refractivity contribution in [2.45, 2.75) is 19.1 Å². The number of rotatable bonds is 8. The van der Waals surface area contributed by atoms with Gasteiger partial charge in [0.05, 0.1) is 6.61 Å². The Morgan fingerprint density at radius 1 is 1.04 bits per heavy atom. The SMILES string of the molecule is C=CCOC(C)C(=O)OC(C(=O)c1ccccc1)c1ccccc1.